The van der Waals surface area contributed by atoms with E-state index in [0.717, 1.165) is 59.8 Å². The molecule has 2 aromatic carbocycles. The molecular weight excluding hydrogens is 567 g/mol. The Morgan fingerprint density at radius 3 is 2.24 bits per heavy atom. The minimum absolute atomic E-state index is 0.227. The second-order valence-corrected chi connectivity index (χ2v) is 13.9. The molecular formula is C38H49FN2O4. The zero-order valence-corrected chi connectivity index (χ0v) is 28.2. The number of halogens is 1. The summed E-state index contributed by atoms with van der Waals surface area (Å²) in [7, 11) is 0. The number of hydrogen-bond acceptors (Lipinski definition) is 6. The molecule has 1 aliphatic rings. The summed E-state index contributed by atoms with van der Waals surface area (Å²) in [6.07, 6.45) is 3.12. The zero-order chi connectivity index (χ0) is 32.9. The van der Waals surface area contributed by atoms with Crippen LogP contribution in [0.4, 0.5) is 10.1 Å². The van der Waals surface area contributed by atoms with E-state index in [0.29, 0.717) is 24.3 Å². The molecule has 45 heavy (non-hydrogen) atoms. The summed E-state index contributed by atoms with van der Waals surface area (Å²) in [5.41, 5.74) is 5.61. The van der Waals surface area contributed by atoms with Crippen LogP contribution in [-0.4, -0.2) is 42.4 Å². The number of anilines is 1. The number of carbonyl (C=O) groups excluding carboxylic acids is 1. The topological polar surface area (TPSA) is 60.9 Å². The van der Waals surface area contributed by atoms with Gasteiger partial charge >= 0.3 is 5.97 Å². The van der Waals surface area contributed by atoms with E-state index in [1.54, 1.807) is 18.2 Å². The van der Waals surface area contributed by atoms with Gasteiger partial charge in [-0.25, -0.2) is 9.18 Å². The quantitative estimate of drug-likeness (QED) is 0.201. The third-order valence-electron chi connectivity index (χ3n) is 8.06. The molecule has 0 N–H and O–H groups in total. The fourth-order valence-corrected chi connectivity index (χ4v) is 5.68. The first-order chi connectivity index (χ1) is 21.2. The summed E-state index contributed by atoms with van der Waals surface area (Å²) in [6.45, 7) is 22.3. The first-order valence-corrected chi connectivity index (χ1v) is 16.0. The molecule has 1 saturated heterocycles. The van der Waals surface area contributed by atoms with Gasteiger partial charge < -0.3 is 19.1 Å². The molecule has 0 unspecified atom stereocenters. The van der Waals surface area contributed by atoms with Crippen LogP contribution in [0.25, 0.3) is 17.2 Å². The summed E-state index contributed by atoms with van der Waals surface area (Å²) >= 11 is 0. The second-order valence-electron chi connectivity index (χ2n) is 13.9. The molecule has 242 valence electrons. The molecule has 0 radical (unpaired) electrons. The molecule has 7 heteroatoms. The Labute approximate surface area is 268 Å². The van der Waals surface area contributed by atoms with Crippen molar-refractivity contribution in [2.45, 2.75) is 92.5 Å². The Hall–Kier alpha value is -3.71. The van der Waals surface area contributed by atoms with Crippen molar-refractivity contribution in [1.82, 2.24) is 4.98 Å². The predicted octanol–water partition coefficient (Wildman–Crippen LogP) is 8.89. The molecule has 0 bridgehead atoms. The van der Waals surface area contributed by atoms with Gasteiger partial charge in [0.15, 0.2) is 6.10 Å². The van der Waals surface area contributed by atoms with Crippen LogP contribution in [0.15, 0.2) is 55.1 Å². The Morgan fingerprint density at radius 1 is 1.07 bits per heavy atom. The van der Waals surface area contributed by atoms with Crippen molar-refractivity contribution in [3.8, 4) is 16.9 Å². The van der Waals surface area contributed by atoms with Gasteiger partial charge in [0.2, 0.25) is 0 Å². The number of benzene rings is 2. The van der Waals surface area contributed by atoms with E-state index in [1.165, 1.54) is 12.1 Å². The summed E-state index contributed by atoms with van der Waals surface area (Å²) in [4.78, 5) is 21.1. The van der Waals surface area contributed by atoms with Crippen molar-refractivity contribution < 1.29 is 23.4 Å². The van der Waals surface area contributed by atoms with Gasteiger partial charge in [-0.05, 0) is 101 Å². The number of aromatic nitrogens is 1. The van der Waals surface area contributed by atoms with Gasteiger partial charge in [0.05, 0.1) is 29.7 Å². The predicted molar refractivity (Wildman–Crippen MR) is 180 cm³/mol. The lowest BCUT2D eigenvalue weighted by Crippen LogP contribution is -2.39. The van der Waals surface area contributed by atoms with E-state index in [-0.39, 0.29) is 17.3 Å². The van der Waals surface area contributed by atoms with Crippen molar-refractivity contribution in [3.05, 3.63) is 83.4 Å². The van der Waals surface area contributed by atoms with Crippen molar-refractivity contribution in [1.29, 1.82) is 0 Å². The molecule has 2 heterocycles. The Kier molecular flexibility index (Phi) is 10.7. The SMILES string of the molecule is C=Cc1nc(C)c(-c2ccc(OCCc3ccc(F)cc3)cc2)c(N2CCC(C)(C)CC2)c1[C@H](OC(C)(C)C)C(=O)OC(C)C. The molecule has 1 atom stereocenters. The van der Waals surface area contributed by atoms with E-state index in [1.807, 2.05) is 65.8 Å². The Morgan fingerprint density at radius 2 is 1.69 bits per heavy atom. The fraction of sp³-hybridized carbons (Fsp3) is 0.474. The third kappa shape index (κ3) is 8.94. The second kappa shape index (κ2) is 14.2. The average Bonchev–Trinajstić information content (AvgIpc) is 2.96. The minimum atomic E-state index is -0.994. The molecule has 0 saturated carbocycles. The molecule has 0 spiro atoms. The lowest BCUT2D eigenvalue weighted by Gasteiger charge is -2.41. The standard InChI is InChI=1S/C38H49FN2O4/c1-10-31-33(35(45-37(5,6)7)36(42)44-25(2)3)34(41-22-20-38(8,9)21-23-41)32(26(4)40-31)28-13-17-30(18-14-28)43-24-19-27-11-15-29(39)16-12-27/h10-18,25,35H,1,19-24H2,2-9H3/t35-/m0/s1. The summed E-state index contributed by atoms with van der Waals surface area (Å²) in [5.74, 6) is 0.0540. The van der Waals surface area contributed by atoms with Gasteiger partial charge in [-0.2, -0.15) is 0 Å². The number of esters is 1. The van der Waals surface area contributed by atoms with Crippen LogP contribution in [0.5, 0.6) is 5.75 Å². The van der Waals surface area contributed by atoms with Crippen LogP contribution >= 0.6 is 0 Å². The third-order valence-corrected chi connectivity index (χ3v) is 8.06. The molecule has 0 amide bonds. The van der Waals surface area contributed by atoms with Crippen molar-refractivity contribution in [2.24, 2.45) is 5.41 Å². The monoisotopic (exact) mass is 616 g/mol. The molecule has 1 aliphatic heterocycles. The van der Waals surface area contributed by atoms with Gasteiger partial charge in [0.1, 0.15) is 11.6 Å². The van der Waals surface area contributed by atoms with Crippen molar-refractivity contribution in [2.75, 3.05) is 24.6 Å². The molecule has 0 aliphatic carbocycles. The number of ether oxygens (including phenoxy) is 3. The number of nitrogens with zero attached hydrogens (tertiary/aromatic N) is 2. The highest BCUT2D eigenvalue weighted by Crippen LogP contribution is 2.45. The van der Waals surface area contributed by atoms with Crippen LogP contribution in [-0.2, 0) is 20.7 Å². The van der Waals surface area contributed by atoms with E-state index < -0.39 is 17.7 Å². The minimum Gasteiger partial charge on any atom is -0.493 e. The first kappa shape index (κ1) is 34.2. The smallest absolute Gasteiger partial charge is 0.340 e. The van der Waals surface area contributed by atoms with Crippen LogP contribution < -0.4 is 9.64 Å². The normalized spacial score (nSPS) is 15.6. The number of piperidine rings is 1. The van der Waals surface area contributed by atoms with Crippen LogP contribution in [0.1, 0.15) is 89.9 Å². The van der Waals surface area contributed by atoms with Gasteiger partial charge in [-0.1, -0.05) is 44.7 Å². The number of hydrogen-bond donors (Lipinski definition) is 0. The van der Waals surface area contributed by atoms with Gasteiger partial charge in [-0.3, -0.25) is 4.98 Å². The summed E-state index contributed by atoms with van der Waals surface area (Å²) in [5, 5.41) is 0. The highest BCUT2D eigenvalue weighted by molar-refractivity contribution is 5.90. The maximum absolute atomic E-state index is 13.8. The van der Waals surface area contributed by atoms with Gasteiger partial charge in [-0.15, -0.1) is 0 Å². The Balaban J connectivity index is 1.79. The maximum Gasteiger partial charge on any atom is 0.340 e. The van der Waals surface area contributed by atoms with Crippen LogP contribution in [0.3, 0.4) is 0 Å². The van der Waals surface area contributed by atoms with E-state index in [2.05, 4.69) is 25.3 Å². The van der Waals surface area contributed by atoms with E-state index >= 15 is 0 Å². The van der Waals surface area contributed by atoms with Gasteiger partial charge in [0.25, 0.3) is 0 Å². The summed E-state index contributed by atoms with van der Waals surface area (Å²) in [6, 6.07) is 14.5. The molecule has 3 aromatic rings. The number of aryl methyl sites for hydroxylation is 1. The zero-order valence-electron chi connectivity index (χ0n) is 28.2. The fourth-order valence-electron chi connectivity index (χ4n) is 5.68. The highest BCUT2D eigenvalue weighted by Gasteiger charge is 2.38. The summed E-state index contributed by atoms with van der Waals surface area (Å²) < 4.78 is 31.6. The molecule has 4 rings (SSSR count). The number of pyridine rings is 1. The first-order valence-electron chi connectivity index (χ1n) is 16.0. The molecule has 1 fully saturated rings. The lowest BCUT2D eigenvalue weighted by atomic mass is 9.81. The number of rotatable bonds is 11. The van der Waals surface area contributed by atoms with E-state index in [4.69, 9.17) is 19.2 Å². The molecule has 6 nitrogen and oxygen atoms in total. The average molecular weight is 617 g/mol. The Bertz CT molecular complexity index is 1460. The highest BCUT2D eigenvalue weighted by atomic mass is 19.1. The van der Waals surface area contributed by atoms with Crippen molar-refractivity contribution in [3.63, 3.8) is 0 Å². The van der Waals surface area contributed by atoms with Crippen LogP contribution in [0.2, 0.25) is 0 Å². The lowest BCUT2D eigenvalue weighted by molar-refractivity contribution is -0.171. The van der Waals surface area contributed by atoms with Gasteiger partial charge in [0, 0.05) is 36.3 Å². The maximum atomic E-state index is 13.8. The van der Waals surface area contributed by atoms with Crippen molar-refractivity contribution >= 4 is 17.7 Å². The number of carbonyl (C=O) groups is 1. The van der Waals surface area contributed by atoms with E-state index in [9.17, 15) is 9.18 Å². The molecule has 1 aromatic heterocycles. The van der Waals surface area contributed by atoms with Crippen LogP contribution in [0, 0.1) is 18.2 Å². The largest absolute Gasteiger partial charge is 0.493 e.